The lowest BCUT2D eigenvalue weighted by molar-refractivity contribution is 0.0339. The Morgan fingerprint density at radius 2 is 1.86 bits per heavy atom. The second-order valence-corrected chi connectivity index (χ2v) is 10.2. The van der Waals surface area contributed by atoms with Gasteiger partial charge in [0.25, 0.3) is 5.91 Å². The van der Waals surface area contributed by atoms with Gasteiger partial charge < -0.3 is 23.8 Å². The number of carbonyl (C=O) groups excluding carboxylic acids is 1. The molecule has 2 fully saturated rings. The fourth-order valence-electron chi connectivity index (χ4n) is 4.71. The summed E-state index contributed by atoms with van der Waals surface area (Å²) in [5.41, 5.74) is 2.69. The molecule has 2 unspecified atom stereocenters. The van der Waals surface area contributed by atoms with Crippen LogP contribution >= 0.6 is 11.9 Å². The van der Waals surface area contributed by atoms with Crippen molar-refractivity contribution >= 4 is 17.9 Å². The van der Waals surface area contributed by atoms with Crippen LogP contribution in [0.1, 0.15) is 34.3 Å². The van der Waals surface area contributed by atoms with Crippen molar-refractivity contribution in [3.05, 3.63) is 59.2 Å². The Bertz CT molecular complexity index is 997. The maximum atomic E-state index is 13.4. The van der Waals surface area contributed by atoms with Crippen molar-refractivity contribution in [2.24, 2.45) is 0 Å². The number of methoxy groups -OCH3 is 2. The summed E-state index contributed by atoms with van der Waals surface area (Å²) in [6, 6.07) is 14.4. The van der Waals surface area contributed by atoms with Crippen LogP contribution in [0.15, 0.2) is 42.5 Å². The number of rotatable bonds is 9. The maximum absolute atomic E-state index is 13.4. The van der Waals surface area contributed by atoms with Crippen LogP contribution in [0.2, 0.25) is 0 Å². The summed E-state index contributed by atoms with van der Waals surface area (Å²) in [5.74, 6) is 2.20. The topological polar surface area (TPSA) is 60.5 Å². The third kappa shape index (κ3) is 6.30. The minimum atomic E-state index is -0.244. The number of benzene rings is 2. The van der Waals surface area contributed by atoms with Crippen molar-refractivity contribution in [1.82, 2.24) is 9.21 Å². The van der Waals surface area contributed by atoms with Crippen LogP contribution in [0.5, 0.6) is 11.5 Å². The van der Waals surface area contributed by atoms with Gasteiger partial charge in [-0.25, -0.2) is 0 Å². The first-order chi connectivity index (χ1) is 17.0. The SMILES string of the molecule is COc1cccc(C)c1C(=O)N1CC(OC)C(Oc2cccc(CSN(C)C3CCOCC3)c2)C1. The summed E-state index contributed by atoms with van der Waals surface area (Å²) >= 11 is 1.83. The van der Waals surface area contributed by atoms with Gasteiger partial charge in [0.15, 0.2) is 0 Å². The van der Waals surface area contributed by atoms with E-state index in [4.69, 9.17) is 18.9 Å². The molecule has 0 saturated carbocycles. The molecule has 2 aromatic rings. The molecule has 0 bridgehead atoms. The zero-order valence-corrected chi connectivity index (χ0v) is 21.9. The first kappa shape index (κ1) is 25.8. The zero-order valence-electron chi connectivity index (χ0n) is 21.1. The third-order valence-corrected chi connectivity index (χ3v) is 7.97. The maximum Gasteiger partial charge on any atom is 0.258 e. The molecule has 0 aliphatic carbocycles. The summed E-state index contributed by atoms with van der Waals surface area (Å²) in [5, 5.41) is 0. The van der Waals surface area contributed by atoms with Crippen molar-refractivity contribution in [1.29, 1.82) is 0 Å². The van der Waals surface area contributed by atoms with Crippen LogP contribution in [0.4, 0.5) is 0 Å². The smallest absolute Gasteiger partial charge is 0.258 e. The summed E-state index contributed by atoms with van der Waals surface area (Å²) in [6.45, 7) is 4.55. The third-order valence-electron chi connectivity index (χ3n) is 6.80. The van der Waals surface area contributed by atoms with Gasteiger partial charge in [0, 0.05) is 32.1 Å². The Hall–Kier alpha value is -2.26. The molecule has 8 heteroatoms. The first-order valence-electron chi connectivity index (χ1n) is 12.1. The van der Waals surface area contributed by atoms with Crippen molar-refractivity contribution in [3.8, 4) is 11.5 Å². The van der Waals surface area contributed by atoms with Gasteiger partial charge in [-0.15, -0.1) is 0 Å². The molecule has 7 nitrogen and oxygen atoms in total. The lowest BCUT2D eigenvalue weighted by atomic mass is 10.1. The largest absolute Gasteiger partial charge is 0.496 e. The van der Waals surface area contributed by atoms with E-state index in [0.717, 1.165) is 43.1 Å². The molecule has 2 aliphatic heterocycles. The Morgan fingerprint density at radius 1 is 1.11 bits per heavy atom. The van der Waals surface area contributed by atoms with E-state index in [0.29, 0.717) is 30.4 Å². The molecule has 0 spiro atoms. The van der Waals surface area contributed by atoms with Crippen molar-refractivity contribution in [2.75, 3.05) is 47.6 Å². The average Bonchev–Trinajstić information content (AvgIpc) is 3.30. The lowest BCUT2D eigenvalue weighted by Crippen LogP contribution is -2.32. The zero-order chi connectivity index (χ0) is 24.8. The normalized spacial score (nSPS) is 20.9. The lowest BCUT2D eigenvalue weighted by Gasteiger charge is -2.30. The van der Waals surface area contributed by atoms with Gasteiger partial charge in [-0.3, -0.25) is 9.10 Å². The van der Waals surface area contributed by atoms with Crippen molar-refractivity contribution in [3.63, 3.8) is 0 Å². The predicted octanol–water partition coefficient (Wildman–Crippen LogP) is 4.18. The van der Waals surface area contributed by atoms with E-state index in [1.54, 1.807) is 19.1 Å². The first-order valence-corrected chi connectivity index (χ1v) is 13.1. The number of nitrogens with zero attached hydrogens (tertiary/aromatic N) is 2. The van der Waals surface area contributed by atoms with E-state index >= 15 is 0 Å². The average molecular weight is 501 g/mol. The molecule has 2 saturated heterocycles. The van der Waals surface area contributed by atoms with Gasteiger partial charge in [0.2, 0.25) is 0 Å². The molecule has 0 aromatic heterocycles. The van der Waals surface area contributed by atoms with Crippen molar-refractivity contribution < 1.29 is 23.7 Å². The monoisotopic (exact) mass is 500 g/mol. The van der Waals surface area contributed by atoms with Crippen molar-refractivity contribution in [2.45, 2.75) is 43.8 Å². The molecule has 0 N–H and O–H groups in total. The van der Waals surface area contributed by atoms with Gasteiger partial charge in [-0.05, 0) is 56.1 Å². The van der Waals surface area contributed by atoms with Crippen LogP contribution in [0.25, 0.3) is 0 Å². The highest BCUT2D eigenvalue weighted by molar-refractivity contribution is 7.96. The molecule has 35 heavy (non-hydrogen) atoms. The van der Waals surface area contributed by atoms with Crippen LogP contribution < -0.4 is 9.47 Å². The quantitative estimate of drug-likeness (QED) is 0.479. The van der Waals surface area contributed by atoms with Gasteiger partial charge >= 0.3 is 0 Å². The Labute approximate surface area is 212 Å². The number of amides is 1. The number of ether oxygens (including phenoxy) is 4. The summed E-state index contributed by atoms with van der Waals surface area (Å²) < 4.78 is 25.4. The summed E-state index contributed by atoms with van der Waals surface area (Å²) in [7, 11) is 5.42. The van der Waals surface area contributed by atoms with E-state index in [-0.39, 0.29) is 18.1 Å². The fraction of sp³-hybridized carbons (Fsp3) is 0.519. The highest BCUT2D eigenvalue weighted by atomic mass is 32.2. The summed E-state index contributed by atoms with van der Waals surface area (Å²) in [6.07, 6.45) is 1.71. The number of hydrogen-bond donors (Lipinski definition) is 0. The highest BCUT2D eigenvalue weighted by Gasteiger charge is 2.38. The fourth-order valence-corrected chi connectivity index (χ4v) is 5.66. The second kappa shape index (κ2) is 12.1. The van der Waals surface area contributed by atoms with Crippen LogP contribution in [-0.2, 0) is 15.2 Å². The van der Waals surface area contributed by atoms with Crippen LogP contribution in [0, 0.1) is 6.92 Å². The minimum Gasteiger partial charge on any atom is -0.496 e. The molecule has 0 radical (unpaired) electrons. The van der Waals surface area contributed by atoms with Gasteiger partial charge in [-0.1, -0.05) is 36.2 Å². The Kier molecular flexibility index (Phi) is 8.94. The van der Waals surface area contributed by atoms with Gasteiger partial charge in [-0.2, -0.15) is 0 Å². The molecule has 4 rings (SSSR count). The van der Waals surface area contributed by atoms with E-state index in [1.807, 2.05) is 49.2 Å². The molecule has 2 aromatic carbocycles. The van der Waals surface area contributed by atoms with E-state index in [1.165, 1.54) is 5.56 Å². The van der Waals surface area contributed by atoms with E-state index < -0.39 is 0 Å². The molecule has 2 aliphatic rings. The molecule has 2 heterocycles. The van der Waals surface area contributed by atoms with E-state index in [9.17, 15) is 4.79 Å². The number of carbonyl (C=O) groups is 1. The molecule has 2 atom stereocenters. The molecular weight excluding hydrogens is 464 g/mol. The highest BCUT2D eigenvalue weighted by Crippen LogP contribution is 2.29. The number of hydrogen-bond acceptors (Lipinski definition) is 7. The standard InChI is InChI=1S/C27H36N2O5S/c1-19-7-5-10-23(31-3)26(19)27(30)29-16-24(32-4)25(17-29)34-22-9-6-8-20(15-22)18-35-28(2)21-11-13-33-14-12-21/h5-10,15,21,24-25H,11-14,16-18H2,1-4H3. The Morgan fingerprint density at radius 3 is 2.60 bits per heavy atom. The van der Waals surface area contributed by atoms with Gasteiger partial charge in [0.1, 0.15) is 23.7 Å². The van der Waals surface area contributed by atoms with E-state index in [2.05, 4.69) is 23.5 Å². The molecule has 1 amide bonds. The second-order valence-electron chi connectivity index (χ2n) is 9.10. The van der Waals surface area contributed by atoms with Crippen LogP contribution in [0.3, 0.4) is 0 Å². The molecule has 190 valence electrons. The predicted molar refractivity (Wildman–Crippen MR) is 138 cm³/mol. The minimum absolute atomic E-state index is 0.0607. The van der Waals surface area contributed by atoms with Crippen LogP contribution in [-0.4, -0.2) is 80.9 Å². The number of likely N-dealkylation sites (tertiary alicyclic amines) is 1. The Balaban J connectivity index is 1.38. The van der Waals surface area contributed by atoms with Gasteiger partial charge in [0.05, 0.1) is 25.8 Å². The summed E-state index contributed by atoms with van der Waals surface area (Å²) in [4.78, 5) is 15.2. The number of aryl methyl sites for hydroxylation is 1. The molecular formula is C27H36N2O5S.